The van der Waals surface area contributed by atoms with Crippen molar-refractivity contribution in [2.45, 2.75) is 6.42 Å². The highest BCUT2D eigenvalue weighted by Gasteiger charge is 2.11. The molecule has 0 saturated heterocycles. The molecule has 4 N–H and O–H groups in total. The zero-order valence-corrected chi connectivity index (χ0v) is 9.66. The van der Waals surface area contributed by atoms with Gasteiger partial charge < -0.3 is 5.73 Å². The number of thiocarbonyl (C=S) groups is 1. The molecule has 16 heavy (non-hydrogen) atoms. The lowest BCUT2D eigenvalue weighted by Gasteiger charge is -2.08. The summed E-state index contributed by atoms with van der Waals surface area (Å²) in [5.41, 5.74) is 9.68. The lowest BCUT2D eigenvalue weighted by atomic mass is 10.1. The molecular formula is C9H9ClFN3OS. The molecule has 0 atom stereocenters. The van der Waals surface area contributed by atoms with E-state index in [-0.39, 0.29) is 22.1 Å². The average Bonchev–Trinajstić information content (AvgIpc) is 2.21. The highest BCUT2D eigenvalue weighted by molar-refractivity contribution is 7.80. The Morgan fingerprint density at radius 1 is 1.50 bits per heavy atom. The standard InChI is InChI=1S/C9H9ClFN3OS/c10-6-2-1-3-7(11)5(6)4-8(15)13-14-9(12)16/h1-3H,4H2,(H,13,15)(H3,12,14,16). The van der Waals surface area contributed by atoms with Gasteiger partial charge in [-0.2, -0.15) is 0 Å². The van der Waals surface area contributed by atoms with E-state index in [0.29, 0.717) is 0 Å². The van der Waals surface area contributed by atoms with E-state index >= 15 is 0 Å². The normalized spacial score (nSPS) is 9.62. The number of hydrogen-bond acceptors (Lipinski definition) is 2. The minimum atomic E-state index is -0.530. The van der Waals surface area contributed by atoms with Gasteiger partial charge in [0.25, 0.3) is 0 Å². The van der Waals surface area contributed by atoms with Crippen molar-refractivity contribution in [2.24, 2.45) is 5.73 Å². The Bertz CT molecular complexity index is 407. The molecule has 0 fully saturated rings. The second kappa shape index (κ2) is 5.62. The van der Waals surface area contributed by atoms with Gasteiger partial charge in [0.05, 0.1) is 6.42 Å². The van der Waals surface area contributed by atoms with E-state index in [1.807, 2.05) is 0 Å². The van der Waals surface area contributed by atoms with E-state index in [2.05, 4.69) is 23.1 Å². The molecule has 1 aromatic carbocycles. The number of halogens is 2. The number of hydrazine groups is 1. The van der Waals surface area contributed by atoms with E-state index in [9.17, 15) is 9.18 Å². The molecule has 0 aliphatic rings. The van der Waals surface area contributed by atoms with Crippen molar-refractivity contribution in [1.82, 2.24) is 10.9 Å². The van der Waals surface area contributed by atoms with Crippen LogP contribution in [0.5, 0.6) is 0 Å². The molecule has 86 valence electrons. The molecule has 0 heterocycles. The molecule has 0 radical (unpaired) electrons. The first-order valence-corrected chi connectivity index (χ1v) is 5.06. The van der Waals surface area contributed by atoms with E-state index < -0.39 is 11.7 Å². The second-order valence-corrected chi connectivity index (χ2v) is 3.76. The molecular weight excluding hydrogens is 253 g/mol. The predicted molar refractivity (Wildman–Crippen MR) is 63.2 cm³/mol. The maximum Gasteiger partial charge on any atom is 0.242 e. The molecule has 0 bridgehead atoms. The molecule has 1 rings (SSSR count). The average molecular weight is 262 g/mol. The van der Waals surface area contributed by atoms with Gasteiger partial charge >= 0.3 is 0 Å². The van der Waals surface area contributed by atoms with Gasteiger partial charge in [-0.15, -0.1) is 0 Å². The van der Waals surface area contributed by atoms with Crippen LogP contribution in [-0.2, 0) is 11.2 Å². The van der Waals surface area contributed by atoms with Crippen molar-refractivity contribution in [3.05, 3.63) is 34.6 Å². The van der Waals surface area contributed by atoms with E-state index in [1.54, 1.807) is 0 Å². The van der Waals surface area contributed by atoms with Crippen LogP contribution >= 0.6 is 23.8 Å². The first-order chi connectivity index (χ1) is 7.50. The van der Waals surface area contributed by atoms with Crippen molar-refractivity contribution in [3.8, 4) is 0 Å². The fourth-order valence-corrected chi connectivity index (χ4v) is 1.32. The van der Waals surface area contributed by atoms with Crippen LogP contribution in [0.3, 0.4) is 0 Å². The smallest absolute Gasteiger partial charge is 0.242 e. The number of hydrogen-bond donors (Lipinski definition) is 3. The molecule has 4 nitrogen and oxygen atoms in total. The molecule has 0 aliphatic carbocycles. The molecule has 0 spiro atoms. The van der Waals surface area contributed by atoms with E-state index in [1.165, 1.54) is 18.2 Å². The summed E-state index contributed by atoms with van der Waals surface area (Å²) >= 11 is 10.2. The lowest BCUT2D eigenvalue weighted by molar-refractivity contribution is -0.121. The molecule has 7 heteroatoms. The minimum Gasteiger partial charge on any atom is -0.375 e. The van der Waals surface area contributed by atoms with Gasteiger partial charge in [-0.25, -0.2) is 4.39 Å². The molecule has 0 unspecified atom stereocenters. The van der Waals surface area contributed by atoms with Crippen molar-refractivity contribution in [2.75, 3.05) is 0 Å². The van der Waals surface area contributed by atoms with Crippen molar-refractivity contribution in [3.63, 3.8) is 0 Å². The Balaban J connectivity index is 2.66. The topological polar surface area (TPSA) is 67.2 Å². The van der Waals surface area contributed by atoms with Crippen molar-refractivity contribution >= 4 is 34.8 Å². The van der Waals surface area contributed by atoms with Crippen LogP contribution in [0.4, 0.5) is 4.39 Å². The van der Waals surface area contributed by atoms with Crippen molar-refractivity contribution < 1.29 is 9.18 Å². The zero-order chi connectivity index (χ0) is 12.1. The second-order valence-electron chi connectivity index (χ2n) is 2.91. The molecule has 0 aromatic heterocycles. The fourth-order valence-electron chi connectivity index (χ4n) is 1.04. The highest BCUT2D eigenvalue weighted by Crippen LogP contribution is 2.19. The summed E-state index contributed by atoms with van der Waals surface area (Å²) in [4.78, 5) is 11.3. The van der Waals surface area contributed by atoms with Gasteiger partial charge in [0, 0.05) is 10.6 Å². The predicted octanol–water partition coefficient (Wildman–Crippen LogP) is 0.886. The lowest BCUT2D eigenvalue weighted by Crippen LogP contribution is -2.45. The Hall–Kier alpha value is -1.40. The summed E-state index contributed by atoms with van der Waals surface area (Å²) in [6.45, 7) is 0. The Morgan fingerprint density at radius 2 is 2.19 bits per heavy atom. The quantitative estimate of drug-likeness (QED) is 0.546. The Labute approximate surface area is 102 Å². The first-order valence-electron chi connectivity index (χ1n) is 4.28. The van der Waals surface area contributed by atoms with Crippen LogP contribution in [0.2, 0.25) is 5.02 Å². The molecule has 0 saturated carbocycles. The van der Waals surface area contributed by atoms with Gasteiger partial charge in [-0.1, -0.05) is 17.7 Å². The van der Waals surface area contributed by atoms with E-state index in [4.69, 9.17) is 17.3 Å². The first kappa shape index (κ1) is 12.7. The third-order valence-corrected chi connectivity index (χ3v) is 2.18. The Kier molecular flexibility index (Phi) is 4.45. The van der Waals surface area contributed by atoms with Crippen LogP contribution < -0.4 is 16.6 Å². The summed E-state index contributed by atoms with van der Waals surface area (Å²) < 4.78 is 13.3. The van der Waals surface area contributed by atoms with Crippen LogP contribution in [-0.4, -0.2) is 11.0 Å². The summed E-state index contributed by atoms with van der Waals surface area (Å²) in [7, 11) is 0. The SMILES string of the molecule is NC(=S)NNC(=O)Cc1c(F)cccc1Cl. The van der Waals surface area contributed by atoms with Gasteiger partial charge in [-0.05, 0) is 24.4 Å². The molecule has 1 aromatic rings. The molecule has 0 aliphatic heterocycles. The summed E-state index contributed by atoms with van der Waals surface area (Å²) in [5, 5.41) is 0.124. The summed E-state index contributed by atoms with van der Waals surface area (Å²) in [6.07, 6.45) is -0.193. The Morgan fingerprint density at radius 3 is 2.75 bits per heavy atom. The van der Waals surface area contributed by atoms with Crippen LogP contribution in [0, 0.1) is 5.82 Å². The van der Waals surface area contributed by atoms with Crippen molar-refractivity contribution in [1.29, 1.82) is 0 Å². The van der Waals surface area contributed by atoms with Crippen LogP contribution in [0.15, 0.2) is 18.2 Å². The maximum atomic E-state index is 13.3. The summed E-state index contributed by atoms with van der Waals surface area (Å²) in [6, 6.07) is 4.20. The summed E-state index contributed by atoms with van der Waals surface area (Å²) in [5.74, 6) is -1.02. The van der Waals surface area contributed by atoms with Gasteiger partial charge in [0.2, 0.25) is 5.91 Å². The van der Waals surface area contributed by atoms with E-state index in [0.717, 1.165) is 0 Å². The number of amides is 1. The number of carbonyl (C=O) groups is 1. The van der Waals surface area contributed by atoms with Gasteiger partial charge in [0.1, 0.15) is 5.82 Å². The largest absolute Gasteiger partial charge is 0.375 e. The maximum absolute atomic E-state index is 13.3. The minimum absolute atomic E-state index is 0.0759. The fraction of sp³-hybridized carbons (Fsp3) is 0.111. The van der Waals surface area contributed by atoms with Gasteiger partial charge in [0.15, 0.2) is 5.11 Å². The molecule has 1 amide bonds. The monoisotopic (exact) mass is 261 g/mol. The number of carbonyl (C=O) groups excluding carboxylic acids is 1. The van der Waals surface area contributed by atoms with Crippen LogP contribution in [0.1, 0.15) is 5.56 Å². The number of nitrogens with one attached hydrogen (secondary N) is 2. The van der Waals surface area contributed by atoms with Crippen LogP contribution in [0.25, 0.3) is 0 Å². The third-order valence-electron chi connectivity index (χ3n) is 1.72. The zero-order valence-electron chi connectivity index (χ0n) is 8.09. The number of nitrogens with two attached hydrogens (primary N) is 1. The number of benzene rings is 1. The third kappa shape index (κ3) is 3.63. The number of rotatable bonds is 2. The highest BCUT2D eigenvalue weighted by atomic mass is 35.5. The van der Waals surface area contributed by atoms with Gasteiger partial charge in [-0.3, -0.25) is 15.6 Å².